The molecule has 1 fully saturated rings. The summed E-state index contributed by atoms with van der Waals surface area (Å²) >= 11 is 8.00. The number of benzene rings is 1. The highest BCUT2D eigenvalue weighted by molar-refractivity contribution is 7.99. The van der Waals surface area contributed by atoms with E-state index in [2.05, 4.69) is 24.6 Å². The molecule has 0 radical (unpaired) electrons. The van der Waals surface area contributed by atoms with E-state index in [4.69, 9.17) is 11.6 Å². The summed E-state index contributed by atoms with van der Waals surface area (Å²) in [5, 5.41) is 5.35. The van der Waals surface area contributed by atoms with Crippen LogP contribution in [-0.2, 0) is 6.54 Å². The molecule has 0 bridgehead atoms. The lowest BCUT2D eigenvalue weighted by Crippen LogP contribution is -2.40. The summed E-state index contributed by atoms with van der Waals surface area (Å²) < 4.78 is 0. The maximum Gasteiger partial charge on any atom is 0.0408 e. The third kappa shape index (κ3) is 3.66. The fourth-order valence-corrected chi connectivity index (χ4v) is 3.90. The Labute approximate surface area is 120 Å². The first-order valence-electron chi connectivity index (χ1n) is 6.72. The first-order valence-corrected chi connectivity index (χ1v) is 8.38. The van der Waals surface area contributed by atoms with Crippen molar-refractivity contribution in [2.75, 3.05) is 6.26 Å². The van der Waals surface area contributed by atoms with Gasteiger partial charge in [0.15, 0.2) is 0 Å². The number of hydrogen-bond acceptors (Lipinski definition) is 2. The van der Waals surface area contributed by atoms with Crippen LogP contribution in [0.5, 0.6) is 0 Å². The number of nitrogens with one attached hydrogen (secondary N) is 1. The van der Waals surface area contributed by atoms with Crippen molar-refractivity contribution < 1.29 is 0 Å². The van der Waals surface area contributed by atoms with Crippen LogP contribution in [0, 0.1) is 6.92 Å². The Morgan fingerprint density at radius 2 is 2.11 bits per heavy atom. The summed E-state index contributed by atoms with van der Waals surface area (Å²) in [6.07, 6.45) is 7.67. The summed E-state index contributed by atoms with van der Waals surface area (Å²) in [5.74, 6) is 0. The molecule has 1 saturated carbocycles. The molecule has 1 aliphatic carbocycles. The number of halogens is 1. The first kappa shape index (κ1) is 14.2. The lowest BCUT2D eigenvalue weighted by Gasteiger charge is -2.31. The van der Waals surface area contributed by atoms with Crippen LogP contribution in [0.15, 0.2) is 18.2 Å². The smallest absolute Gasteiger partial charge is 0.0408 e. The molecule has 0 heterocycles. The summed E-state index contributed by atoms with van der Waals surface area (Å²) in [5.41, 5.74) is 2.65. The van der Waals surface area contributed by atoms with Crippen molar-refractivity contribution in [3.8, 4) is 0 Å². The average Bonchev–Trinajstić information content (AvgIpc) is 2.38. The van der Waals surface area contributed by atoms with Crippen molar-refractivity contribution in [1.29, 1.82) is 0 Å². The second kappa shape index (κ2) is 6.83. The van der Waals surface area contributed by atoms with Crippen LogP contribution < -0.4 is 5.32 Å². The van der Waals surface area contributed by atoms with Gasteiger partial charge in [-0.2, -0.15) is 11.8 Å². The van der Waals surface area contributed by atoms with E-state index < -0.39 is 0 Å². The molecule has 2 unspecified atom stereocenters. The molecule has 0 saturated heterocycles. The van der Waals surface area contributed by atoms with Crippen molar-refractivity contribution >= 4 is 23.4 Å². The van der Waals surface area contributed by atoms with Crippen LogP contribution in [0.3, 0.4) is 0 Å². The molecule has 1 N–H and O–H groups in total. The van der Waals surface area contributed by atoms with Crippen molar-refractivity contribution in [2.24, 2.45) is 0 Å². The largest absolute Gasteiger partial charge is 0.309 e. The molecule has 3 heteroatoms. The van der Waals surface area contributed by atoms with E-state index in [1.807, 2.05) is 23.9 Å². The summed E-state index contributed by atoms with van der Waals surface area (Å²) in [7, 11) is 0. The van der Waals surface area contributed by atoms with Gasteiger partial charge in [0, 0.05) is 22.9 Å². The molecule has 0 aliphatic heterocycles. The standard InChI is InChI=1S/C15H22ClNS/c1-11-9-13(16)8-7-12(11)10-17-14-5-3-4-6-15(14)18-2/h7-9,14-15,17H,3-6,10H2,1-2H3. The van der Waals surface area contributed by atoms with Gasteiger partial charge in [-0.1, -0.05) is 30.5 Å². The van der Waals surface area contributed by atoms with Crippen LogP contribution >= 0.6 is 23.4 Å². The number of aryl methyl sites for hydroxylation is 1. The topological polar surface area (TPSA) is 12.0 Å². The van der Waals surface area contributed by atoms with Crippen molar-refractivity contribution in [3.63, 3.8) is 0 Å². The van der Waals surface area contributed by atoms with E-state index in [0.717, 1.165) is 16.8 Å². The van der Waals surface area contributed by atoms with Crippen molar-refractivity contribution in [2.45, 2.75) is 50.4 Å². The number of hydrogen-bond donors (Lipinski definition) is 1. The van der Waals surface area contributed by atoms with Gasteiger partial charge >= 0.3 is 0 Å². The molecular weight excluding hydrogens is 262 g/mol. The summed E-state index contributed by atoms with van der Waals surface area (Å²) in [6.45, 7) is 3.10. The quantitative estimate of drug-likeness (QED) is 0.878. The molecule has 0 spiro atoms. The molecule has 1 nitrogen and oxygen atoms in total. The Morgan fingerprint density at radius 1 is 1.33 bits per heavy atom. The highest BCUT2D eigenvalue weighted by Crippen LogP contribution is 2.27. The lowest BCUT2D eigenvalue weighted by atomic mass is 9.94. The Balaban J connectivity index is 1.93. The molecule has 2 atom stereocenters. The van der Waals surface area contributed by atoms with Gasteiger partial charge in [0.05, 0.1) is 0 Å². The van der Waals surface area contributed by atoms with Crippen molar-refractivity contribution in [3.05, 3.63) is 34.3 Å². The summed E-state index contributed by atoms with van der Waals surface area (Å²) in [4.78, 5) is 0. The minimum atomic E-state index is 0.670. The van der Waals surface area contributed by atoms with Gasteiger partial charge in [-0.3, -0.25) is 0 Å². The van der Waals surface area contributed by atoms with Gasteiger partial charge in [0.25, 0.3) is 0 Å². The van der Waals surface area contributed by atoms with E-state index in [1.165, 1.54) is 36.8 Å². The Bertz CT molecular complexity index is 394. The van der Waals surface area contributed by atoms with Crippen molar-refractivity contribution in [1.82, 2.24) is 5.32 Å². The van der Waals surface area contributed by atoms with E-state index >= 15 is 0 Å². The minimum absolute atomic E-state index is 0.670. The zero-order valence-electron chi connectivity index (χ0n) is 11.2. The Kier molecular flexibility index (Phi) is 5.40. The van der Waals surface area contributed by atoms with Crippen LogP contribution in [-0.4, -0.2) is 17.5 Å². The van der Waals surface area contributed by atoms with E-state index in [1.54, 1.807) is 0 Å². The van der Waals surface area contributed by atoms with Gasteiger partial charge < -0.3 is 5.32 Å². The molecule has 1 aromatic rings. The molecule has 2 rings (SSSR count). The molecule has 0 amide bonds. The first-order chi connectivity index (χ1) is 8.70. The third-order valence-corrected chi connectivity index (χ3v) is 5.27. The third-order valence-electron chi connectivity index (χ3n) is 3.86. The minimum Gasteiger partial charge on any atom is -0.309 e. The van der Waals surface area contributed by atoms with Gasteiger partial charge in [-0.15, -0.1) is 0 Å². The molecule has 0 aromatic heterocycles. The number of thioether (sulfide) groups is 1. The molecule has 1 aromatic carbocycles. The van der Waals surface area contributed by atoms with Crippen LogP contribution in [0.25, 0.3) is 0 Å². The second-order valence-corrected chi connectivity index (χ2v) is 6.63. The fraction of sp³-hybridized carbons (Fsp3) is 0.600. The Hall–Kier alpha value is -0.180. The normalized spacial score (nSPS) is 24.2. The van der Waals surface area contributed by atoms with E-state index in [0.29, 0.717) is 6.04 Å². The van der Waals surface area contributed by atoms with Gasteiger partial charge in [0.2, 0.25) is 0 Å². The Morgan fingerprint density at radius 3 is 2.83 bits per heavy atom. The second-order valence-electron chi connectivity index (χ2n) is 5.12. The highest BCUT2D eigenvalue weighted by atomic mass is 35.5. The van der Waals surface area contributed by atoms with Gasteiger partial charge in [0.1, 0.15) is 0 Å². The molecular formula is C15H22ClNS. The van der Waals surface area contributed by atoms with Gasteiger partial charge in [-0.05, 0) is 49.3 Å². The zero-order valence-corrected chi connectivity index (χ0v) is 12.8. The zero-order chi connectivity index (χ0) is 13.0. The van der Waals surface area contributed by atoms with Crippen LogP contribution in [0.2, 0.25) is 5.02 Å². The highest BCUT2D eigenvalue weighted by Gasteiger charge is 2.23. The van der Waals surface area contributed by atoms with E-state index in [-0.39, 0.29) is 0 Å². The molecule has 18 heavy (non-hydrogen) atoms. The SMILES string of the molecule is CSC1CCCCC1NCc1ccc(Cl)cc1C. The fourth-order valence-electron chi connectivity index (χ4n) is 2.71. The number of rotatable bonds is 4. The van der Waals surface area contributed by atoms with E-state index in [9.17, 15) is 0 Å². The predicted octanol–water partition coefficient (Wildman–Crippen LogP) is 4.41. The molecule has 100 valence electrons. The monoisotopic (exact) mass is 283 g/mol. The predicted molar refractivity (Wildman–Crippen MR) is 82.6 cm³/mol. The molecule has 1 aliphatic rings. The van der Waals surface area contributed by atoms with Crippen LogP contribution in [0.1, 0.15) is 36.8 Å². The van der Waals surface area contributed by atoms with Gasteiger partial charge in [-0.25, -0.2) is 0 Å². The maximum atomic E-state index is 5.99. The summed E-state index contributed by atoms with van der Waals surface area (Å²) in [6, 6.07) is 6.84. The van der Waals surface area contributed by atoms with Crippen LogP contribution in [0.4, 0.5) is 0 Å². The maximum absolute atomic E-state index is 5.99. The lowest BCUT2D eigenvalue weighted by molar-refractivity contribution is 0.383. The average molecular weight is 284 g/mol.